The minimum atomic E-state index is -0.830. The summed E-state index contributed by atoms with van der Waals surface area (Å²) in [4.78, 5) is 20.0. The molecule has 11 nitrogen and oxygen atoms in total. The third kappa shape index (κ3) is 4.10. The van der Waals surface area contributed by atoms with E-state index in [1.807, 2.05) is 13.0 Å². The molecule has 7 heterocycles. The van der Waals surface area contributed by atoms with Crippen LogP contribution in [0.3, 0.4) is 0 Å². The van der Waals surface area contributed by atoms with Gasteiger partial charge in [-0.2, -0.15) is 20.2 Å². The van der Waals surface area contributed by atoms with E-state index in [9.17, 15) is 9.65 Å². The van der Waals surface area contributed by atoms with Crippen molar-refractivity contribution >= 4 is 22.2 Å². The molecule has 4 fully saturated rings. The molecule has 4 saturated heterocycles. The Morgan fingerprint density at radius 2 is 2.07 bits per heavy atom. The van der Waals surface area contributed by atoms with Crippen molar-refractivity contribution in [2.24, 2.45) is 0 Å². The van der Waals surface area contributed by atoms with Gasteiger partial charge in [-0.05, 0) is 52.0 Å². The first-order valence-electron chi connectivity index (χ1n) is 14.9. The van der Waals surface area contributed by atoms with Crippen LogP contribution in [0, 0.1) is 11.3 Å². The highest BCUT2D eigenvalue weighted by Crippen LogP contribution is 2.50. The molecule has 3 aromatic heterocycles. The second-order valence-electron chi connectivity index (χ2n) is 12.8. The standard InChI is InChI=1S/C29H34FN9O2S/c1-28(7-5-21-23(28)19(11-31)24(32)42-21)26-36-25(37-41-26)20-9-22(38-13-17-3-4-18(14-38)33-17)35-27(34-20)40-15-29-6-2-8-39(29)12-16(30)10-29/h9,16-18,33H,2-8,10,12-15,32H2,1H3/t16-,17-,18+,28?,29+/m1/s1. The number of nitriles is 1. The van der Waals surface area contributed by atoms with E-state index in [0.717, 1.165) is 74.4 Å². The number of piperazine rings is 1. The quantitative estimate of drug-likeness (QED) is 0.436. The van der Waals surface area contributed by atoms with Crippen molar-refractivity contribution in [2.75, 3.05) is 43.4 Å². The van der Waals surface area contributed by atoms with Crippen LogP contribution in [0.4, 0.5) is 15.2 Å². The monoisotopic (exact) mass is 591 g/mol. The molecule has 42 heavy (non-hydrogen) atoms. The predicted molar refractivity (Wildman–Crippen MR) is 154 cm³/mol. The second-order valence-corrected chi connectivity index (χ2v) is 13.9. The van der Waals surface area contributed by atoms with Crippen LogP contribution in [0.1, 0.15) is 67.3 Å². The van der Waals surface area contributed by atoms with Gasteiger partial charge in [0.25, 0.3) is 0 Å². The van der Waals surface area contributed by atoms with Crippen LogP contribution in [0.25, 0.3) is 11.5 Å². The summed E-state index contributed by atoms with van der Waals surface area (Å²) >= 11 is 1.47. The number of hydrogen-bond donors (Lipinski definition) is 2. The van der Waals surface area contributed by atoms with Crippen molar-refractivity contribution in [2.45, 2.75) is 81.1 Å². The minimum Gasteiger partial charge on any atom is -0.461 e. The topological polar surface area (TPSA) is 142 Å². The van der Waals surface area contributed by atoms with Gasteiger partial charge in [-0.15, -0.1) is 11.3 Å². The average Bonchev–Trinajstić information content (AvgIpc) is 3.81. The predicted octanol–water partition coefficient (Wildman–Crippen LogP) is 3.19. The fourth-order valence-electron chi connectivity index (χ4n) is 8.01. The number of thiophene rings is 1. The molecule has 0 saturated carbocycles. The van der Waals surface area contributed by atoms with Gasteiger partial charge in [0, 0.05) is 54.6 Å². The number of nitrogen functional groups attached to an aromatic ring is 1. The van der Waals surface area contributed by atoms with Gasteiger partial charge < -0.3 is 25.2 Å². The lowest BCUT2D eigenvalue weighted by atomic mass is 9.83. The van der Waals surface area contributed by atoms with E-state index in [4.69, 9.17) is 29.9 Å². The lowest BCUT2D eigenvalue weighted by Crippen LogP contribution is -2.51. The molecule has 0 spiro atoms. The molecule has 1 unspecified atom stereocenters. The number of aromatic nitrogens is 4. The van der Waals surface area contributed by atoms with Gasteiger partial charge in [0.2, 0.25) is 11.7 Å². The summed E-state index contributed by atoms with van der Waals surface area (Å²) in [7, 11) is 0. The minimum absolute atomic E-state index is 0.245. The maximum atomic E-state index is 14.4. The Morgan fingerprint density at radius 1 is 1.24 bits per heavy atom. The van der Waals surface area contributed by atoms with Crippen molar-refractivity contribution in [3.63, 3.8) is 0 Å². The van der Waals surface area contributed by atoms with Crippen molar-refractivity contribution < 1.29 is 13.7 Å². The zero-order chi connectivity index (χ0) is 28.6. The molecule has 3 N–H and O–H groups in total. The molecule has 13 heteroatoms. The second kappa shape index (κ2) is 9.59. The summed E-state index contributed by atoms with van der Waals surface area (Å²) < 4.78 is 26.6. The van der Waals surface area contributed by atoms with Crippen LogP contribution >= 0.6 is 11.3 Å². The normalized spacial score (nSPS) is 31.8. The van der Waals surface area contributed by atoms with E-state index >= 15 is 0 Å². The molecule has 4 aliphatic heterocycles. The third-order valence-corrected chi connectivity index (χ3v) is 11.2. The number of rotatable bonds is 6. The Hall–Kier alpha value is -3.34. The Balaban J connectivity index is 1.13. The van der Waals surface area contributed by atoms with Crippen LogP contribution in [0.2, 0.25) is 0 Å². The lowest BCUT2D eigenvalue weighted by Gasteiger charge is -2.34. The van der Waals surface area contributed by atoms with E-state index in [0.29, 0.717) is 59.6 Å². The summed E-state index contributed by atoms with van der Waals surface area (Å²) in [5.41, 5.74) is 7.17. The molecular formula is C29H34FN9O2S. The van der Waals surface area contributed by atoms with Crippen LogP contribution in [-0.2, 0) is 11.8 Å². The number of halogens is 1. The highest BCUT2D eigenvalue weighted by molar-refractivity contribution is 7.16. The number of nitrogens with zero attached hydrogens (tertiary/aromatic N) is 7. The number of anilines is 2. The Bertz CT molecular complexity index is 1580. The summed E-state index contributed by atoms with van der Waals surface area (Å²) in [6.45, 7) is 5.44. The van der Waals surface area contributed by atoms with E-state index in [1.165, 1.54) is 11.3 Å². The molecule has 5 aliphatic rings. The maximum absolute atomic E-state index is 14.4. The largest absolute Gasteiger partial charge is 0.461 e. The summed E-state index contributed by atoms with van der Waals surface area (Å²) in [6.07, 6.45) is 5.46. The average molecular weight is 592 g/mol. The van der Waals surface area contributed by atoms with Crippen LogP contribution in [0.15, 0.2) is 10.6 Å². The number of aryl methyl sites for hydroxylation is 1. The SMILES string of the molecule is CC1(c2nc(-c3cc(N4C[C@H]5CC[C@@H](C4)N5)nc(OC[C@@]45CCCN4C[C@H](F)C5)n3)no2)CCc2sc(N)c(C#N)c21. The Morgan fingerprint density at radius 3 is 2.88 bits per heavy atom. The first kappa shape index (κ1) is 26.3. The van der Waals surface area contributed by atoms with Crippen molar-refractivity contribution in [3.05, 3.63) is 28.0 Å². The highest BCUT2D eigenvalue weighted by Gasteiger charge is 2.49. The summed E-state index contributed by atoms with van der Waals surface area (Å²) in [5.74, 6) is 1.55. The number of fused-ring (bicyclic) bond motifs is 4. The van der Waals surface area contributed by atoms with Crippen LogP contribution < -0.4 is 20.7 Å². The maximum Gasteiger partial charge on any atom is 0.319 e. The first-order chi connectivity index (χ1) is 20.3. The molecule has 220 valence electrons. The van der Waals surface area contributed by atoms with Crippen molar-refractivity contribution in [3.8, 4) is 23.6 Å². The zero-order valence-corrected chi connectivity index (χ0v) is 24.4. The van der Waals surface area contributed by atoms with Crippen molar-refractivity contribution in [1.29, 1.82) is 5.26 Å². The molecule has 5 atom stereocenters. The molecule has 1 aliphatic carbocycles. The van der Waals surface area contributed by atoms with Crippen molar-refractivity contribution in [1.82, 2.24) is 30.3 Å². The Labute approximate surface area is 247 Å². The van der Waals surface area contributed by atoms with E-state index < -0.39 is 11.6 Å². The summed E-state index contributed by atoms with van der Waals surface area (Å²) in [6, 6.07) is 5.29. The fourth-order valence-corrected chi connectivity index (χ4v) is 9.16. The lowest BCUT2D eigenvalue weighted by molar-refractivity contribution is 0.107. The molecule has 3 aromatic rings. The number of ether oxygens (including phenoxy) is 1. The number of alkyl halides is 1. The van der Waals surface area contributed by atoms with Crippen LogP contribution in [0.5, 0.6) is 6.01 Å². The summed E-state index contributed by atoms with van der Waals surface area (Å²) in [5, 5.41) is 18.4. The van der Waals surface area contributed by atoms with Gasteiger partial charge in [0.1, 0.15) is 35.4 Å². The van der Waals surface area contributed by atoms with E-state index in [-0.39, 0.29) is 11.5 Å². The smallest absolute Gasteiger partial charge is 0.319 e. The van der Waals surface area contributed by atoms with Gasteiger partial charge in [0.15, 0.2) is 0 Å². The molecule has 8 rings (SSSR count). The van der Waals surface area contributed by atoms with Gasteiger partial charge in [-0.1, -0.05) is 5.16 Å². The fraction of sp³-hybridized carbons (Fsp3) is 0.621. The highest BCUT2D eigenvalue weighted by atomic mass is 32.1. The number of nitrogens with one attached hydrogen (secondary N) is 1. The van der Waals surface area contributed by atoms with E-state index in [2.05, 4.69) is 26.3 Å². The zero-order valence-electron chi connectivity index (χ0n) is 23.6. The Kier molecular flexibility index (Phi) is 6.00. The number of hydrogen-bond acceptors (Lipinski definition) is 12. The molecular weight excluding hydrogens is 557 g/mol. The third-order valence-electron chi connectivity index (χ3n) is 10.1. The molecule has 0 aromatic carbocycles. The molecule has 2 bridgehead atoms. The molecule has 0 radical (unpaired) electrons. The van der Waals surface area contributed by atoms with E-state index in [1.54, 1.807) is 0 Å². The number of nitrogens with two attached hydrogens (primary N) is 1. The van der Waals surface area contributed by atoms with Gasteiger partial charge in [-0.25, -0.2) is 4.39 Å². The first-order valence-corrected chi connectivity index (χ1v) is 15.7. The van der Waals surface area contributed by atoms with Gasteiger partial charge in [0.05, 0.1) is 16.5 Å². The molecule has 0 amide bonds. The van der Waals surface area contributed by atoms with Crippen LogP contribution in [-0.4, -0.2) is 81.6 Å². The van der Waals surface area contributed by atoms with Gasteiger partial charge in [-0.3, -0.25) is 4.90 Å². The van der Waals surface area contributed by atoms with Gasteiger partial charge >= 0.3 is 6.01 Å².